The first-order valence-electron chi connectivity index (χ1n) is 5.02. The SMILES string of the molecule is CC(C(=O)O)S(=O)(=O)C(C)C(=O)NC1CC1. The van der Waals surface area contributed by atoms with Crippen LogP contribution in [-0.4, -0.2) is 41.9 Å². The monoisotopic (exact) mass is 249 g/mol. The lowest BCUT2D eigenvalue weighted by Gasteiger charge is -2.15. The van der Waals surface area contributed by atoms with Crippen molar-refractivity contribution in [3.8, 4) is 0 Å². The van der Waals surface area contributed by atoms with Crippen molar-refractivity contribution in [1.29, 1.82) is 0 Å². The number of nitrogens with one attached hydrogen (secondary N) is 1. The number of aliphatic carboxylic acids is 1. The van der Waals surface area contributed by atoms with Crippen LogP contribution in [0.15, 0.2) is 0 Å². The molecule has 1 aliphatic rings. The molecule has 92 valence electrons. The standard InChI is InChI=1S/C9H15NO5S/c1-5(8(11)10-7-3-4-7)16(14,15)6(2)9(12)13/h5-7H,3-4H2,1-2H3,(H,10,11)(H,12,13). The van der Waals surface area contributed by atoms with E-state index in [1.165, 1.54) is 6.92 Å². The van der Waals surface area contributed by atoms with Crippen molar-refractivity contribution in [2.75, 3.05) is 0 Å². The quantitative estimate of drug-likeness (QED) is 0.686. The average Bonchev–Trinajstić information content (AvgIpc) is 2.98. The fraction of sp³-hybridized carbons (Fsp3) is 0.778. The highest BCUT2D eigenvalue weighted by Crippen LogP contribution is 2.20. The van der Waals surface area contributed by atoms with Crippen molar-refractivity contribution in [1.82, 2.24) is 5.32 Å². The fourth-order valence-corrected chi connectivity index (χ4v) is 2.40. The molecule has 0 aromatic carbocycles. The Hall–Kier alpha value is -1.11. The number of hydrogen-bond donors (Lipinski definition) is 2. The molecule has 0 saturated heterocycles. The Labute approximate surface area is 93.9 Å². The van der Waals surface area contributed by atoms with Crippen LogP contribution in [0.4, 0.5) is 0 Å². The van der Waals surface area contributed by atoms with Crippen molar-refractivity contribution >= 4 is 21.7 Å². The first kappa shape index (κ1) is 13.0. The summed E-state index contributed by atoms with van der Waals surface area (Å²) in [5.41, 5.74) is 0. The normalized spacial score (nSPS) is 19.9. The highest BCUT2D eigenvalue weighted by Gasteiger charge is 2.38. The molecule has 1 saturated carbocycles. The third-order valence-corrected chi connectivity index (χ3v) is 5.01. The van der Waals surface area contributed by atoms with Crippen molar-refractivity contribution < 1.29 is 23.1 Å². The number of amides is 1. The van der Waals surface area contributed by atoms with Crippen LogP contribution < -0.4 is 5.32 Å². The number of carboxylic acid groups (broad SMARTS) is 1. The van der Waals surface area contributed by atoms with Gasteiger partial charge in [0.15, 0.2) is 15.1 Å². The molecule has 2 unspecified atom stereocenters. The first-order chi connectivity index (χ1) is 7.26. The number of carbonyl (C=O) groups excluding carboxylic acids is 1. The Morgan fingerprint density at radius 1 is 1.25 bits per heavy atom. The topological polar surface area (TPSA) is 101 Å². The molecule has 0 aliphatic heterocycles. The van der Waals surface area contributed by atoms with Gasteiger partial charge in [-0.25, -0.2) is 8.42 Å². The highest BCUT2D eigenvalue weighted by atomic mass is 32.2. The summed E-state index contributed by atoms with van der Waals surface area (Å²) in [7, 11) is -3.97. The lowest BCUT2D eigenvalue weighted by Crippen LogP contribution is -2.44. The minimum Gasteiger partial charge on any atom is -0.480 e. The van der Waals surface area contributed by atoms with E-state index >= 15 is 0 Å². The Balaban J connectivity index is 2.73. The molecule has 2 atom stereocenters. The third kappa shape index (κ3) is 2.72. The molecule has 0 radical (unpaired) electrons. The van der Waals surface area contributed by atoms with Gasteiger partial charge in [-0.15, -0.1) is 0 Å². The van der Waals surface area contributed by atoms with Gasteiger partial charge in [0.05, 0.1) is 0 Å². The van der Waals surface area contributed by atoms with E-state index < -0.39 is 32.2 Å². The molecule has 0 spiro atoms. The molecule has 0 bridgehead atoms. The van der Waals surface area contributed by atoms with E-state index in [1.807, 2.05) is 0 Å². The van der Waals surface area contributed by atoms with E-state index in [0.29, 0.717) is 0 Å². The third-order valence-electron chi connectivity index (χ3n) is 2.63. The predicted molar refractivity (Wildman–Crippen MR) is 56.6 cm³/mol. The van der Waals surface area contributed by atoms with Gasteiger partial charge in [-0.2, -0.15) is 0 Å². The Bertz CT molecular complexity index is 398. The summed E-state index contributed by atoms with van der Waals surface area (Å²) in [6.07, 6.45) is 1.71. The molecular formula is C9H15NO5S. The van der Waals surface area contributed by atoms with Gasteiger partial charge < -0.3 is 10.4 Å². The zero-order valence-corrected chi connectivity index (χ0v) is 9.95. The maximum absolute atomic E-state index is 11.7. The minimum absolute atomic E-state index is 0.0604. The molecule has 0 aromatic rings. The smallest absolute Gasteiger partial charge is 0.321 e. The summed E-state index contributed by atoms with van der Waals surface area (Å²) >= 11 is 0. The van der Waals surface area contributed by atoms with Crippen molar-refractivity contribution in [2.24, 2.45) is 0 Å². The van der Waals surface area contributed by atoms with Crippen LogP contribution in [0.5, 0.6) is 0 Å². The second-order valence-electron chi connectivity index (χ2n) is 3.99. The Kier molecular flexibility index (Phi) is 3.57. The van der Waals surface area contributed by atoms with Crippen LogP contribution in [0.3, 0.4) is 0 Å². The molecule has 1 aliphatic carbocycles. The van der Waals surface area contributed by atoms with Crippen LogP contribution in [0.1, 0.15) is 26.7 Å². The van der Waals surface area contributed by atoms with Gasteiger partial charge in [0.25, 0.3) is 0 Å². The molecular weight excluding hydrogens is 234 g/mol. The van der Waals surface area contributed by atoms with Gasteiger partial charge >= 0.3 is 5.97 Å². The highest BCUT2D eigenvalue weighted by molar-refractivity contribution is 7.94. The maximum atomic E-state index is 11.7. The van der Waals surface area contributed by atoms with Gasteiger partial charge in [-0.3, -0.25) is 9.59 Å². The molecule has 6 nitrogen and oxygen atoms in total. The minimum atomic E-state index is -3.97. The van der Waals surface area contributed by atoms with Gasteiger partial charge in [-0.1, -0.05) is 0 Å². The summed E-state index contributed by atoms with van der Waals surface area (Å²) in [5.74, 6) is -2.05. The van der Waals surface area contributed by atoms with Crippen molar-refractivity contribution in [2.45, 2.75) is 43.2 Å². The predicted octanol–water partition coefficient (Wildman–Crippen LogP) is -0.459. The fourth-order valence-electron chi connectivity index (χ4n) is 1.14. The van der Waals surface area contributed by atoms with Gasteiger partial charge in [0, 0.05) is 6.04 Å². The molecule has 0 aromatic heterocycles. The van der Waals surface area contributed by atoms with Gasteiger partial charge in [-0.05, 0) is 26.7 Å². The zero-order valence-electron chi connectivity index (χ0n) is 9.13. The molecule has 1 rings (SSSR count). The largest absolute Gasteiger partial charge is 0.480 e. The van der Waals surface area contributed by atoms with Crippen molar-refractivity contribution in [3.05, 3.63) is 0 Å². The average molecular weight is 249 g/mol. The second kappa shape index (κ2) is 4.40. The van der Waals surface area contributed by atoms with E-state index in [1.54, 1.807) is 0 Å². The molecule has 7 heteroatoms. The Morgan fingerprint density at radius 3 is 2.12 bits per heavy atom. The number of rotatable bonds is 5. The summed E-state index contributed by atoms with van der Waals surface area (Å²) in [6, 6.07) is 0.0604. The summed E-state index contributed by atoms with van der Waals surface area (Å²) in [4.78, 5) is 22.1. The van der Waals surface area contributed by atoms with Crippen LogP contribution in [0, 0.1) is 0 Å². The number of sulfone groups is 1. The lowest BCUT2D eigenvalue weighted by atomic mass is 10.4. The molecule has 1 amide bonds. The number of hydrogen-bond acceptors (Lipinski definition) is 4. The second-order valence-corrected chi connectivity index (χ2v) is 6.59. The lowest BCUT2D eigenvalue weighted by molar-refractivity contribution is -0.136. The van der Waals surface area contributed by atoms with E-state index in [-0.39, 0.29) is 6.04 Å². The van der Waals surface area contributed by atoms with Gasteiger partial charge in [0.1, 0.15) is 5.25 Å². The number of carbonyl (C=O) groups is 2. The maximum Gasteiger partial charge on any atom is 0.321 e. The zero-order chi connectivity index (χ0) is 12.5. The molecule has 0 heterocycles. The van der Waals surface area contributed by atoms with E-state index in [0.717, 1.165) is 19.8 Å². The summed E-state index contributed by atoms with van der Waals surface area (Å²) < 4.78 is 23.3. The first-order valence-corrected chi connectivity index (χ1v) is 6.63. The molecule has 1 fully saturated rings. The number of carboxylic acids is 1. The van der Waals surface area contributed by atoms with E-state index in [2.05, 4.69) is 5.32 Å². The molecule has 16 heavy (non-hydrogen) atoms. The van der Waals surface area contributed by atoms with E-state index in [4.69, 9.17) is 5.11 Å². The van der Waals surface area contributed by atoms with E-state index in [9.17, 15) is 18.0 Å². The Morgan fingerprint density at radius 2 is 1.75 bits per heavy atom. The summed E-state index contributed by atoms with van der Waals surface area (Å²) in [5, 5.41) is 8.29. The van der Waals surface area contributed by atoms with Gasteiger partial charge in [0.2, 0.25) is 5.91 Å². The van der Waals surface area contributed by atoms with Crippen LogP contribution >= 0.6 is 0 Å². The molecule has 2 N–H and O–H groups in total. The van der Waals surface area contributed by atoms with Crippen LogP contribution in [0.2, 0.25) is 0 Å². The summed E-state index contributed by atoms with van der Waals surface area (Å²) in [6.45, 7) is 2.28. The van der Waals surface area contributed by atoms with Crippen molar-refractivity contribution in [3.63, 3.8) is 0 Å². The van der Waals surface area contributed by atoms with Crippen LogP contribution in [-0.2, 0) is 19.4 Å². The van der Waals surface area contributed by atoms with Crippen LogP contribution in [0.25, 0.3) is 0 Å².